The van der Waals surface area contributed by atoms with Crippen LogP contribution in [0.25, 0.3) is 0 Å². The molecular formula is C27H22N2O7. The minimum atomic E-state index is -0.752. The second-order valence-corrected chi connectivity index (χ2v) is 8.31. The maximum Gasteiger partial charge on any atom is 0.379 e. The summed E-state index contributed by atoms with van der Waals surface area (Å²) < 4.78 is 27.6. The van der Waals surface area contributed by atoms with Crippen LogP contribution in [0.4, 0.5) is 0 Å². The Morgan fingerprint density at radius 3 is 2.64 bits per heavy atom. The maximum absolute atomic E-state index is 13.4. The molecule has 9 nitrogen and oxygen atoms in total. The minimum absolute atomic E-state index is 0.0436. The van der Waals surface area contributed by atoms with E-state index in [-0.39, 0.29) is 46.8 Å². The van der Waals surface area contributed by atoms with Gasteiger partial charge in [-0.3, -0.25) is 4.79 Å². The highest BCUT2D eigenvalue weighted by molar-refractivity contribution is 6.00. The number of hydrogen-bond donors (Lipinski definition) is 1. The van der Waals surface area contributed by atoms with Crippen LogP contribution >= 0.6 is 0 Å². The fraction of sp³-hybridized carbons (Fsp3) is 0.222. The molecule has 1 aliphatic carbocycles. The Balaban J connectivity index is 1.53. The molecule has 36 heavy (non-hydrogen) atoms. The van der Waals surface area contributed by atoms with Crippen LogP contribution in [0.1, 0.15) is 53.5 Å². The van der Waals surface area contributed by atoms with Gasteiger partial charge in [-0.1, -0.05) is 6.07 Å². The van der Waals surface area contributed by atoms with E-state index in [0.717, 1.165) is 0 Å². The molecule has 0 radical (unpaired) electrons. The molecule has 5 rings (SSSR count). The standard InChI is InChI=1S/C27H22N2O7/c1-2-32-22-12-15(7-8-20(22)36-27(31)21-6-4-10-34-21)24-17(14-28)26(29)35-23-13-16(11-18(30)25(23)24)19-5-3-9-33-19/h3-10,12,16,24H,2,11,13,29H2,1H3/t16-,24-/m1/s1. The second-order valence-electron chi connectivity index (χ2n) is 8.31. The van der Waals surface area contributed by atoms with Gasteiger partial charge in [0, 0.05) is 24.3 Å². The number of benzene rings is 1. The van der Waals surface area contributed by atoms with Gasteiger partial charge in [-0.25, -0.2) is 4.79 Å². The third-order valence-corrected chi connectivity index (χ3v) is 6.13. The Hall–Kier alpha value is -4.71. The Morgan fingerprint density at radius 2 is 1.94 bits per heavy atom. The van der Waals surface area contributed by atoms with Crippen LogP contribution in [-0.4, -0.2) is 18.4 Å². The second kappa shape index (κ2) is 9.50. The zero-order chi connectivity index (χ0) is 25.2. The van der Waals surface area contributed by atoms with Crippen LogP contribution in [0.3, 0.4) is 0 Å². The average molecular weight is 486 g/mol. The summed E-state index contributed by atoms with van der Waals surface area (Å²) in [5.41, 5.74) is 7.22. The first-order chi connectivity index (χ1) is 17.5. The van der Waals surface area contributed by atoms with E-state index < -0.39 is 11.9 Å². The lowest BCUT2D eigenvalue weighted by atomic mass is 9.74. The number of ether oxygens (including phenoxy) is 3. The fourth-order valence-electron chi connectivity index (χ4n) is 4.57. The number of allylic oxidation sites excluding steroid dienone is 3. The molecule has 3 heterocycles. The van der Waals surface area contributed by atoms with Gasteiger partial charge in [0.2, 0.25) is 11.6 Å². The number of carbonyl (C=O) groups excluding carboxylic acids is 2. The molecule has 2 N–H and O–H groups in total. The molecule has 2 atom stereocenters. The SMILES string of the molecule is CCOc1cc([C@@H]2C(C#N)=C(N)OC3=C2C(=O)C[C@@H](c2ccco2)C3)ccc1OC(=O)c1ccco1. The lowest BCUT2D eigenvalue weighted by Gasteiger charge is -2.33. The largest absolute Gasteiger partial charge is 0.490 e. The van der Waals surface area contributed by atoms with Crippen LogP contribution in [-0.2, 0) is 9.53 Å². The number of hydrogen-bond acceptors (Lipinski definition) is 9. The van der Waals surface area contributed by atoms with Gasteiger partial charge in [0.1, 0.15) is 23.2 Å². The quantitative estimate of drug-likeness (QED) is 0.388. The Morgan fingerprint density at radius 1 is 1.14 bits per heavy atom. The third-order valence-electron chi connectivity index (χ3n) is 6.13. The van der Waals surface area contributed by atoms with E-state index in [0.29, 0.717) is 35.7 Å². The number of nitriles is 1. The lowest BCUT2D eigenvalue weighted by molar-refractivity contribution is -0.117. The number of esters is 1. The van der Waals surface area contributed by atoms with Crippen molar-refractivity contribution < 1.29 is 32.6 Å². The Labute approximate surface area is 206 Å². The van der Waals surface area contributed by atoms with Crippen molar-refractivity contribution >= 4 is 11.8 Å². The highest BCUT2D eigenvalue weighted by Gasteiger charge is 2.41. The zero-order valence-electron chi connectivity index (χ0n) is 19.4. The van der Waals surface area contributed by atoms with E-state index >= 15 is 0 Å². The number of carbonyl (C=O) groups is 2. The van der Waals surface area contributed by atoms with E-state index in [4.69, 9.17) is 28.8 Å². The van der Waals surface area contributed by atoms with Gasteiger partial charge in [0.05, 0.1) is 25.1 Å². The molecule has 0 saturated heterocycles. The summed E-state index contributed by atoms with van der Waals surface area (Å²) in [4.78, 5) is 25.8. The van der Waals surface area contributed by atoms with Crippen molar-refractivity contribution in [1.29, 1.82) is 5.26 Å². The van der Waals surface area contributed by atoms with Crippen molar-refractivity contribution in [2.24, 2.45) is 5.73 Å². The van der Waals surface area contributed by atoms with Gasteiger partial charge >= 0.3 is 5.97 Å². The van der Waals surface area contributed by atoms with Gasteiger partial charge in [-0.2, -0.15) is 5.26 Å². The first kappa shape index (κ1) is 23.1. The third kappa shape index (κ3) is 4.14. The molecular weight excluding hydrogens is 464 g/mol. The van der Waals surface area contributed by atoms with Gasteiger partial charge < -0.3 is 28.8 Å². The molecule has 0 unspecified atom stereocenters. The van der Waals surface area contributed by atoms with E-state index in [1.165, 1.54) is 12.3 Å². The van der Waals surface area contributed by atoms with Crippen molar-refractivity contribution in [3.63, 3.8) is 0 Å². The number of Topliss-reactive ketones (excluding diaryl/α,β-unsaturated/α-hetero) is 1. The molecule has 2 aliphatic rings. The summed E-state index contributed by atoms with van der Waals surface area (Å²) >= 11 is 0. The average Bonchev–Trinajstić information content (AvgIpc) is 3.59. The zero-order valence-corrected chi connectivity index (χ0v) is 19.4. The van der Waals surface area contributed by atoms with E-state index in [2.05, 4.69) is 6.07 Å². The first-order valence-electron chi connectivity index (χ1n) is 11.4. The van der Waals surface area contributed by atoms with Crippen LogP contribution in [0, 0.1) is 11.3 Å². The summed E-state index contributed by atoms with van der Waals surface area (Å²) in [6, 6.07) is 13.6. The van der Waals surface area contributed by atoms with Gasteiger partial charge in [0.15, 0.2) is 17.3 Å². The van der Waals surface area contributed by atoms with Crippen molar-refractivity contribution in [2.75, 3.05) is 6.61 Å². The van der Waals surface area contributed by atoms with Crippen molar-refractivity contribution in [3.8, 4) is 17.6 Å². The molecule has 3 aromatic rings. The predicted octanol–water partition coefficient (Wildman–Crippen LogP) is 4.70. The van der Waals surface area contributed by atoms with E-state index in [1.54, 1.807) is 43.5 Å². The normalized spacial score (nSPS) is 19.4. The molecule has 0 spiro atoms. The van der Waals surface area contributed by atoms with Crippen LogP contribution in [0.2, 0.25) is 0 Å². The molecule has 182 valence electrons. The van der Waals surface area contributed by atoms with E-state index in [9.17, 15) is 14.9 Å². The number of ketones is 1. The van der Waals surface area contributed by atoms with Crippen molar-refractivity contribution in [1.82, 2.24) is 0 Å². The molecule has 0 saturated carbocycles. The smallest absolute Gasteiger partial charge is 0.379 e. The van der Waals surface area contributed by atoms with Crippen LogP contribution < -0.4 is 15.2 Å². The minimum Gasteiger partial charge on any atom is -0.490 e. The summed E-state index contributed by atoms with van der Waals surface area (Å²) in [5.74, 6) is -0.244. The molecule has 0 amide bonds. The highest BCUT2D eigenvalue weighted by Crippen LogP contribution is 2.47. The Bertz CT molecular complexity index is 1410. The summed E-state index contributed by atoms with van der Waals surface area (Å²) in [7, 11) is 0. The first-order valence-corrected chi connectivity index (χ1v) is 11.4. The fourth-order valence-corrected chi connectivity index (χ4v) is 4.57. The number of nitrogens with two attached hydrogens (primary N) is 1. The Kier molecular flexibility index (Phi) is 6.09. The van der Waals surface area contributed by atoms with Crippen LogP contribution in [0.15, 0.2) is 86.6 Å². The van der Waals surface area contributed by atoms with Crippen molar-refractivity contribution in [3.05, 3.63) is 94.9 Å². The molecule has 9 heteroatoms. The predicted molar refractivity (Wildman–Crippen MR) is 125 cm³/mol. The van der Waals surface area contributed by atoms with Gasteiger partial charge in [0.25, 0.3) is 0 Å². The summed E-state index contributed by atoms with van der Waals surface area (Å²) in [6.45, 7) is 2.08. The topological polar surface area (TPSA) is 138 Å². The van der Waals surface area contributed by atoms with E-state index in [1.807, 2.05) is 6.07 Å². The number of furan rings is 2. The van der Waals surface area contributed by atoms with Gasteiger partial charge in [-0.15, -0.1) is 0 Å². The molecule has 0 fully saturated rings. The number of rotatable bonds is 6. The molecule has 1 aliphatic heterocycles. The summed E-state index contributed by atoms with van der Waals surface area (Å²) in [5, 5.41) is 9.90. The molecule has 0 bridgehead atoms. The monoisotopic (exact) mass is 486 g/mol. The molecule has 2 aromatic heterocycles. The maximum atomic E-state index is 13.4. The number of nitrogens with zero attached hydrogens (tertiary/aromatic N) is 1. The summed E-state index contributed by atoms with van der Waals surface area (Å²) in [6.07, 6.45) is 3.55. The van der Waals surface area contributed by atoms with Gasteiger partial charge in [-0.05, 0) is 48.9 Å². The van der Waals surface area contributed by atoms with Crippen molar-refractivity contribution in [2.45, 2.75) is 31.6 Å². The molecule has 1 aromatic carbocycles. The van der Waals surface area contributed by atoms with Crippen LogP contribution in [0.5, 0.6) is 11.5 Å². The highest BCUT2D eigenvalue weighted by atomic mass is 16.6. The lowest BCUT2D eigenvalue weighted by Crippen LogP contribution is -2.29.